The zero-order chi connectivity index (χ0) is 10.4. The molecule has 4 nitrogen and oxygen atoms in total. The zero-order valence-corrected chi connectivity index (χ0v) is 8.33. The van der Waals surface area contributed by atoms with Gasteiger partial charge in [-0.15, -0.1) is 0 Å². The molecule has 0 aromatic rings. The minimum Gasteiger partial charge on any atom is -0.481 e. The first-order valence-electron chi connectivity index (χ1n) is 4.48. The van der Waals surface area contributed by atoms with Crippen LogP contribution in [-0.2, 0) is 9.59 Å². The lowest BCUT2D eigenvalue weighted by Gasteiger charge is -2.19. The van der Waals surface area contributed by atoms with Gasteiger partial charge in [0.2, 0.25) is 5.91 Å². The van der Waals surface area contributed by atoms with Crippen molar-refractivity contribution in [3.8, 4) is 0 Å². The highest BCUT2D eigenvalue weighted by Gasteiger charge is 2.14. The van der Waals surface area contributed by atoms with Crippen LogP contribution in [-0.4, -0.2) is 23.0 Å². The van der Waals surface area contributed by atoms with Gasteiger partial charge in [0.05, 0.1) is 0 Å². The Morgan fingerprint density at radius 3 is 2.31 bits per heavy atom. The Labute approximate surface area is 78.3 Å². The summed E-state index contributed by atoms with van der Waals surface area (Å²) in [5, 5.41) is 11.0. The third-order valence-electron chi connectivity index (χ3n) is 2.20. The van der Waals surface area contributed by atoms with E-state index in [-0.39, 0.29) is 6.04 Å². The molecule has 2 N–H and O–H groups in total. The van der Waals surface area contributed by atoms with E-state index in [0.717, 1.165) is 6.42 Å². The Morgan fingerprint density at radius 1 is 1.38 bits per heavy atom. The van der Waals surface area contributed by atoms with Crippen molar-refractivity contribution < 1.29 is 14.7 Å². The second-order valence-corrected chi connectivity index (χ2v) is 3.31. The molecule has 0 saturated carbocycles. The van der Waals surface area contributed by atoms with Gasteiger partial charge in [0.1, 0.15) is 6.42 Å². The molecule has 76 valence electrons. The number of amides is 1. The van der Waals surface area contributed by atoms with Crippen molar-refractivity contribution in [1.29, 1.82) is 0 Å². The first-order chi connectivity index (χ1) is 5.97. The van der Waals surface area contributed by atoms with Crippen molar-refractivity contribution in [2.75, 3.05) is 0 Å². The number of hydrogen-bond acceptors (Lipinski definition) is 2. The molecule has 0 aliphatic heterocycles. The molecule has 2 unspecified atom stereocenters. The number of hydrogen-bond donors (Lipinski definition) is 2. The summed E-state index contributed by atoms with van der Waals surface area (Å²) >= 11 is 0. The summed E-state index contributed by atoms with van der Waals surface area (Å²) in [6.45, 7) is 5.93. The Hall–Kier alpha value is -1.06. The van der Waals surface area contributed by atoms with Crippen LogP contribution >= 0.6 is 0 Å². The normalized spacial score (nSPS) is 14.7. The maximum absolute atomic E-state index is 11.0. The first-order valence-corrected chi connectivity index (χ1v) is 4.48. The molecular formula is C9H17NO3. The maximum Gasteiger partial charge on any atom is 0.312 e. The van der Waals surface area contributed by atoms with E-state index < -0.39 is 18.3 Å². The zero-order valence-electron chi connectivity index (χ0n) is 8.33. The van der Waals surface area contributed by atoms with Gasteiger partial charge in [0.25, 0.3) is 0 Å². The van der Waals surface area contributed by atoms with Crippen molar-refractivity contribution in [3.63, 3.8) is 0 Å². The van der Waals surface area contributed by atoms with Crippen LogP contribution in [0.3, 0.4) is 0 Å². The summed E-state index contributed by atoms with van der Waals surface area (Å²) in [6, 6.07) is 0.0387. The molecule has 1 amide bonds. The summed E-state index contributed by atoms with van der Waals surface area (Å²) in [5.74, 6) is -1.13. The molecule has 0 aliphatic rings. The van der Waals surface area contributed by atoms with Gasteiger partial charge in [-0.1, -0.05) is 20.3 Å². The van der Waals surface area contributed by atoms with Crippen LogP contribution in [0.2, 0.25) is 0 Å². The van der Waals surface area contributed by atoms with Crippen molar-refractivity contribution in [3.05, 3.63) is 0 Å². The molecule has 0 spiro atoms. The third kappa shape index (κ3) is 5.22. The molecule has 0 fully saturated rings. The molecule has 0 saturated heterocycles. The summed E-state index contributed by atoms with van der Waals surface area (Å²) in [5.41, 5.74) is 0. The Kier molecular flexibility index (Phi) is 5.11. The van der Waals surface area contributed by atoms with Gasteiger partial charge in [-0.2, -0.15) is 0 Å². The summed E-state index contributed by atoms with van der Waals surface area (Å²) in [7, 11) is 0. The van der Waals surface area contributed by atoms with Gasteiger partial charge in [-0.25, -0.2) is 0 Å². The number of nitrogens with one attached hydrogen (secondary N) is 1. The van der Waals surface area contributed by atoms with E-state index in [9.17, 15) is 9.59 Å². The molecule has 0 rings (SSSR count). The quantitative estimate of drug-likeness (QED) is 0.631. The van der Waals surface area contributed by atoms with Crippen molar-refractivity contribution >= 4 is 11.9 Å². The van der Waals surface area contributed by atoms with E-state index in [2.05, 4.69) is 5.32 Å². The fraction of sp³-hybridized carbons (Fsp3) is 0.778. The smallest absolute Gasteiger partial charge is 0.312 e. The van der Waals surface area contributed by atoms with E-state index >= 15 is 0 Å². The summed E-state index contributed by atoms with van der Waals surface area (Å²) in [6.07, 6.45) is 0.523. The van der Waals surface area contributed by atoms with Gasteiger partial charge in [-0.05, 0) is 12.8 Å². The highest BCUT2D eigenvalue weighted by molar-refractivity contribution is 5.93. The van der Waals surface area contributed by atoms with E-state index in [0.29, 0.717) is 5.92 Å². The van der Waals surface area contributed by atoms with Gasteiger partial charge < -0.3 is 10.4 Å². The van der Waals surface area contributed by atoms with Crippen molar-refractivity contribution in [2.45, 2.75) is 39.7 Å². The topological polar surface area (TPSA) is 66.4 Å². The minimum absolute atomic E-state index is 0.0387. The minimum atomic E-state index is -1.09. The predicted octanol–water partition coefficient (Wildman–Crippen LogP) is 1.01. The number of aliphatic carboxylic acids is 1. The number of carbonyl (C=O) groups is 2. The van der Waals surface area contributed by atoms with Crippen LogP contribution in [0.15, 0.2) is 0 Å². The average molecular weight is 187 g/mol. The molecule has 0 aromatic carbocycles. The molecule has 0 radical (unpaired) electrons. The average Bonchev–Trinajstić information content (AvgIpc) is 2.01. The molecule has 13 heavy (non-hydrogen) atoms. The van der Waals surface area contributed by atoms with Crippen molar-refractivity contribution in [2.24, 2.45) is 5.92 Å². The maximum atomic E-state index is 11.0. The van der Waals surface area contributed by atoms with Crippen molar-refractivity contribution in [1.82, 2.24) is 5.32 Å². The molecule has 2 atom stereocenters. The lowest BCUT2D eigenvalue weighted by atomic mass is 10.0. The fourth-order valence-corrected chi connectivity index (χ4v) is 0.938. The SMILES string of the molecule is CCC(C)C(C)NC(=O)CC(=O)O. The Bertz CT molecular complexity index is 191. The van der Waals surface area contributed by atoms with Crippen LogP contribution in [0, 0.1) is 5.92 Å². The van der Waals surface area contributed by atoms with Gasteiger partial charge in [0.15, 0.2) is 0 Å². The van der Waals surface area contributed by atoms with Gasteiger partial charge in [0, 0.05) is 6.04 Å². The number of carbonyl (C=O) groups excluding carboxylic acids is 1. The highest BCUT2D eigenvalue weighted by Crippen LogP contribution is 2.06. The lowest BCUT2D eigenvalue weighted by molar-refractivity contribution is -0.140. The van der Waals surface area contributed by atoms with Crippen LogP contribution in [0.1, 0.15) is 33.6 Å². The summed E-state index contributed by atoms with van der Waals surface area (Å²) < 4.78 is 0. The molecule has 0 aliphatic carbocycles. The third-order valence-corrected chi connectivity index (χ3v) is 2.20. The Balaban J connectivity index is 3.84. The van der Waals surface area contributed by atoms with Gasteiger partial charge >= 0.3 is 5.97 Å². The fourth-order valence-electron chi connectivity index (χ4n) is 0.938. The second-order valence-electron chi connectivity index (χ2n) is 3.31. The van der Waals surface area contributed by atoms with Gasteiger partial charge in [-0.3, -0.25) is 9.59 Å². The van der Waals surface area contributed by atoms with Crippen LogP contribution < -0.4 is 5.32 Å². The standard InChI is InChI=1S/C9H17NO3/c1-4-6(2)7(3)10-8(11)5-9(12)13/h6-7H,4-5H2,1-3H3,(H,10,11)(H,12,13). The Morgan fingerprint density at radius 2 is 1.92 bits per heavy atom. The molecule has 0 aromatic heterocycles. The highest BCUT2D eigenvalue weighted by atomic mass is 16.4. The second kappa shape index (κ2) is 5.56. The molecule has 4 heteroatoms. The van der Waals surface area contributed by atoms with Crippen LogP contribution in [0.4, 0.5) is 0 Å². The van der Waals surface area contributed by atoms with E-state index in [4.69, 9.17) is 5.11 Å². The van der Waals surface area contributed by atoms with E-state index in [1.165, 1.54) is 0 Å². The van der Waals surface area contributed by atoms with E-state index in [1.54, 1.807) is 0 Å². The van der Waals surface area contributed by atoms with E-state index in [1.807, 2.05) is 20.8 Å². The molecule has 0 heterocycles. The summed E-state index contributed by atoms with van der Waals surface area (Å²) in [4.78, 5) is 21.2. The largest absolute Gasteiger partial charge is 0.481 e. The van der Waals surface area contributed by atoms with Crippen LogP contribution in [0.5, 0.6) is 0 Å². The monoisotopic (exact) mass is 187 g/mol. The van der Waals surface area contributed by atoms with Crippen LogP contribution in [0.25, 0.3) is 0 Å². The lowest BCUT2D eigenvalue weighted by Crippen LogP contribution is -2.37. The first kappa shape index (κ1) is 11.9. The number of carboxylic acid groups (broad SMARTS) is 1. The number of rotatable bonds is 5. The number of carboxylic acids is 1. The molecule has 0 bridgehead atoms. The predicted molar refractivity (Wildman–Crippen MR) is 49.3 cm³/mol. The molecular weight excluding hydrogens is 170 g/mol.